The van der Waals surface area contributed by atoms with E-state index in [0.717, 1.165) is 12.8 Å². The minimum Gasteiger partial charge on any atom is -0.396 e. The van der Waals surface area contributed by atoms with Gasteiger partial charge in [0.15, 0.2) is 0 Å². The fourth-order valence-corrected chi connectivity index (χ4v) is 1.08. The highest BCUT2D eigenvalue weighted by molar-refractivity contribution is 5.78. The van der Waals surface area contributed by atoms with Crippen LogP contribution in [-0.4, -0.2) is 36.8 Å². The lowest BCUT2D eigenvalue weighted by molar-refractivity contribution is -0.120. The molecular weight excluding hydrogens is 180 g/mol. The van der Waals surface area contributed by atoms with Crippen molar-refractivity contribution in [2.45, 2.75) is 25.8 Å². The Morgan fingerprint density at radius 2 is 2.36 bits per heavy atom. The Labute approximate surface area is 85.4 Å². The molecule has 0 fully saturated rings. The second-order valence-electron chi connectivity index (χ2n) is 3.25. The van der Waals surface area contributed by atoms with Crippen molar-refractivity contribution >= 4 is 5.91 Å². The van der Waals surface area contributed by atoms with Gasteiger partial charge in [0.05, 0.1) is 6.54 Å². The first-order valence-electron chi connectivity index (χ1n) is 4.92. The van der Waals surface area contributed by atoms with Crippen LogP contribution in [0.15, 0.2) is 12.7 Å². The van der Waals surface area contributed by atoms with Gasteiger partial charge in [-0.1, -0.05) is 6.08 Å². The lowest BCUT2D eigenvalue weighted by Crippen LogP contribution is -2.39. The van der Waals surface area contributed by atoms with Crippen LogP contribution >= 0.6 is 0 Å². The summed E-state index contributed by atoms with van der Waals surface area (Å²) in [6, 6.07) is 0.125. The normalized spacial score (nSPS) is 12.1. The van der Waals surface area contributed by atoms with E-state index in [2.05, 4.69) is 17.2 Å². The summed E-state index contributed by atoms with van der Waals surface area (Å²) < 4.78 is 0. The number of hydrogen-bond donors (Lipinski definition) is 3. The van der Waals surface area contributed by atoms with Crippen molar-refractivity contribution < 1.29 is 9.90 Å². The number of hydrogen-bond acceptors (Lipinski definition) is 3. The molecule has 0 bridgehead atoms. The van der Waals surface area contributed by atoms with E-state index in [4.69, 9.17) is 5.11 Å². The molecule has 0 saturated carbocycles. The fraction of sp³-hybridized carbons (Fsp3) is 0.700. The predicted octanol–water partition coefficient (Wildman–Crippen LogP) is 0.0392. The summed E-state index contributed by atoms with van der Waals surface area (Å²) in [6.45, 7) is 6.60. The summed E-state index contributed by atoms with van der Waals surface area (Å²) in [6.07, 6.45) is 3.24. The van der Waals surface area contributed by atoms with Crippen molar-refractivity contribution in [1.82, 2.24) is 10.6 Å². The summed E-state index contributed by atoms with van der Waals surface area (Å²) >= 11 is 0. The van der Waals surface area contributed by atoms with Gasteiger partial charge in [-0.15, -0.1) is 6.58 Å². The highest BCUT2D eigenvalue weighted by Gasteiger charge is 2.05. The zero-order chi connectivity index (χ0) is 10.8. The van der Waals surface area contributed by atoms with E-state index in [9.17, 15) is 4.79 Å². The van der Waals surface area contributed by atoms with E-state index in [0.29, 0.717) is 13.1 Å². The number of rotatable bonds is 8. The molecule has 3 N–H and O–H groups in total. The average molecular weight is 200 g/mol. The van der Waals surface area contributed by atoms with Crippen LogP contribution in [0, 0.1) is 0 Å². The topological polar surface area (TPSA) is 61.4 Å². The molecule has 14 heavy (non-hydrogen) atoms. The van der Waals surface area contributed by atoms with E-state index < -0.39 is 0 Å². The van der Waals surface area contributed by atoms with Crippen molar-refractivity contribution in [1.29, 1.82) is 0 Å². The maximum atomic E-state index is 11.2. The largest absolute Gasteiger partial charge is 0.396 e. The third kappa shape index (κ3) is 7.76. The van der Waals surface area contributed by atoms with Gasteiger partial charge in [0.1, 0.15) is 0 Å². The Morgan fingerprint density at radius 3 is 2.93 bits per heavy atom. The Balaban J connectivity index is 3.44. The minimum absolute atomic E-state index is 0.0164. The average Bonchev–Trinajstić information content (AvgIpc) is 2.15. The van der Waals surface area contributed by atoms with Crippen LogP contribution in [0.25, 0.3) is 0 Å². The molecule has 0 aliphatic rings. The monoisotopic (exact) mass is 200 g/mol. The molecule has 4 heteroatoms. The fourth-order valence-electron chi connectivity index (χ4n) is 1.08. The van der Waals surface area contributed by atoms with E-state index in [1.54, 1.807) is 6.08 Å². The quantitative estimate of drug-likeness (QED) is 0.383. The van der Waals surface area contributed by atoms with Crippen LogP contribution in [-0.2, 0) is 4.79 Å². The molecule has 1 amide bonds. The van der Waals surface area contributed by atoms with Gasteiger partial charge in [0, 0.05) is 19.2 Å². The molecule has 0 rings (SSSR count). The summed E-state index contributed by atoms with van der Waals surface area (Å²) in [7, 11) is 0. The van der Waals surface area contributed by atoms with Crippen molar-refractivity contribution in [2.75, 3.05) is 19.7 Å². The van der Waals surface area contributed by atoms with Crippen LogP contribution in [0.5, 0.6) is 0 Å². The molecule has 82 valence electrons. The summed E-state index contributed by atoms with van der Waals surface area (Å²) in [5.41, 5.74) is 0. The number of amides is 1. The molecule has 4 nitrogen and oxygen atoms in total. The van der Waals surface area contributed by atoms with Gasteiger partial charge in [-0.05, 0) is 19.8 Å². The molecule has 0 heterocycles. The first-order chi connectivity index (χ1) is 6.70. The Hall–Kier alpha value is -0.870. The molecule has 1 atom stereocenters. The smallest absolute Gasteiger partial charge is 0.234 e. The van der Waals surface area contributed by atoms with Crippen LogP contribution in [0.2, 0.25) is 0 Å². The minimum atomic E-state index is -0.0164. The summed E-state index contributed by atoms with van der Waals surface area (Å²) in [5, 5.41) is 14.3. The lowest BCUT2D eigenvalue weighted by atomic mass is 10.2. The van der Waals surface area contributed by atoms with Crippen LogP contribution in [0.4, 0.5) is 0 Å². The molecule has 0 aliphatic heterocycles. The third-order valence-electron chi connectivity index (χ3n) is 1.78. The highest BCUT2D eigenvalue weighted by atomic mass is 16.2. The van der Waals surface area contributed by atoms with Crippen molar-refractivity contribution in [3.05, 3.63) is 12.7 Å². The molecule has 0 aromatic carbocycles. The van der Waals surface area contributed by atoms with Crippen LogP contribution in [0.3, 0.4) is 0 Å². The van der Waals surface area contributed by atoms with Crippen LogP contribution < -0.4 is 10.6 Å². The van der Waals surface area contributed by atoms with Crippen molar-refractivity contribution in [2.24, 2.45) is 0 Å². The Bertz CT molecular complexity index is 172. The molecular formula is C10H20N2O2. The molecule has 0 spiro atoms. The number of carbonyl (C=O) groups is 1. The van der Waals surface area contributed by atoms with E-state index in [1.165, 1.54) is 0 Å². The van der Waals surface area contributed by atoms with E-state index in [-0.39, 0.29) is 18.6 Å². The summed E-state index contributed by atoms with van der Waals surface area (Å²) in [4.78, 5) is 11.2. The first-order valence-corrected chi connectivity index (χ1v) is 4.92. The Kier molecular flexibility index (Phi) is 8.17. The van der Waals surface area contributed by atoms with Crippen molar-refractivity contribution in [3.8, 4) is 0 Å². The third-order valence-corrected chi connectivity index (χ3v) is 1.78. The molecule has 0 saturated heterocycles. The molecule has 0 aromatic rings. The molecule has 0 aromatic heterocycles. The van der Waals surface area contributed by atoms with Gasteiger partial charge in [-0.2, -0.15) is 0 Å². The molecule has 0 radical (unpaired) electrons. The van der Waals surface area contributed by atoms with Gasteiger partial charge < -0.3 is 15.7 Å². The number of aliphatic hydroxyl groups is 1. The maximum Gasteiger partial charge on any atom is 0.234 e. The second-order valence-corrected chi connectivity index (χ2v) is 3.25. The molecule has 0 aliphatic carbocycles. The zero-order valence-electron chi connectivity index (χ0n) is 8.75. The standard InChI is InChI=1S/C10H20N2O2/c1-3-6-11-8-10(14)12-9(2)5-4-7-13/h3,9,11,13H,1,4-8H2,2H3,(H,12,14). The number of carbonyl (C=O) groups excluding carboxylic acids is 1. The lowest BCUT2D eigenvalue weighted by Gasteiger charge is -2.13. The Morgan fingerprint density at radius 1 is 1.64 bits per heavy atom. The van der Waals surface area contributed by atoms with Crippen molar-refractivity contribution in [3.63, 3.8) is 0 Å². The van der Waals surface area contributed by atoms with Crippen LogP contribution in [0.1, 0.15) is 19.8 Å². The highest BCUT2D eigenvalue weighted by Crippen LogP contribution is 1.94. The van der Waals surface area contributed by atoms with Gasteiger partial charge in [-0.3, -0.25) is 4.79 Å². The molecule has 1 unspecified atom stereocenters. The van der Waals surface area contributed by atoms with Gasteiger partial charge in [0.2, 0.25) is 5.91 Å². The predicted molar refractivity (Wildman–Crippen MR) is 57.0 cm³/mol. The first kappa shape index (κ1) is 13.1. The number of aliphatic hydroxyl groups excluding tert-OH is 1. The SMILES string of the molecule is C=CCNCC(=O)NC(C)CCCO. The van der Waals surface area contributed by atoms with Gasteiger partial charge >= 0.3 is 0 Å². The van der Waals surface area contributed by atoms with E-state index >= 15 is 0 Å². The number of nitrogens with one attached hydrogen (secondary N) is 2. The van der Waals surface area contributed by atoms with Gasteiger partial charge in [-0.25, -0.2) is 0 Å². The zero-order valence-corrected chi connectivity index (χ0v) is 8.75. The summed E-state index contributed by atoms with van der Waals surface area (Å²) in [5.74, 6) is -0.0164. The van der Waals surface area contributed by atoms with Gasteiger partial charge in [0.25, 0.3) is 0 Å². The van der Waals surface area contributed by atoms with E-state index in [1.807, 2.05) is 6.92 Å². The second kappa shape index (κ2) is 8.72. The maximum absolute atomic E-state index is 11.2.